The van der Waals surface area contributed by atoms with Crippen molar-refractivity contribution in [2.24, 2.45) is 5.41 Å². The van der Waals surface area contributed by atoms with E-state index in [1.165, 1.54) is 4.68 Å². The molecule has 0 aliphatic heterocycles. The third kappa shape index (κ3) is 3.29. The van der Waals surface area contributed by atoms with Crippen LogP contribution >= 0.6 is 0 Å². The number of carbonyl (C=O) groups excluding carboxylic acids is 1. The summed E-state index contributed by atoms with van der Waals surface area (Å²) in [5.74, 6) is -1.24. The molecule has 7 heteroatoms. The monoisotopic (exact) mass is 328 g/mol. The second kappa shape index (κ2) is 6.82. The molecule has 0 atom stereocenters. The molecule has 0 unspecified atom stereocenters. The van der Waals surface area contributed by atoms with Gasteiger partial charge in [0.1, 0.15) is 0 Å². The molecular weight excluding hydrogens is 308 g/mol. The molecule has 1 heterocycles. The van der Waals surface area contributed by atoms with Gasteiger partial charge in [-0.25, -0.2) is 4.68 Å². The summed E-state index contributed by atoms with van der Waals surface area (Å²) in [4.78, 5) is 23.9. The maximum Gasteiger partial charge on any atom is 0.311 e. The lowest BCUT2D eigenvalue weighted by Gasteiger charge is -2.33. The summed E-state index contributed by atoms with van der Waals surface area (Å²) >= 11 is 0. The van der Waals surface area contributed by atoms with Crippen LogP contribution in [0.15, 0.2) is 36.5 Å². The van der Waals surface area contributed by atoms with E-state index in [1.807, 2.05) is 30.3 Å². The van der Waals surface area contributed by atoms with Crippen molar-refractivity contribution in [2.75, 3.05) is 6.54 Å². The highest BCUT2D eigenvalue weighted by Gasteiger charge is 2.39. The minimum Gasteiger partial charge on any atom is -0.481 e. The van der Waals surface area contributed by atoms with Crippen molar-refractivity contribution in [3.63, 3.8) is 0 Å². The number of benzene rings is 1. The molecule has 7 nitrogen and oxygen atoms in total. The number of carboxylic acid groups (broad SMARTS) is 1. The topological polar surface area (TPSA) is 97.1 Å². The number of hydrogen-bond acceptors (Lipinski definition) is 4. The predicted octanol–water partition coefficient (Wildman–Crippen LogP) is 2.03. The van der Waals surface area contributed by atoms with E-state index in [2.05, 4.69) is 15.6 Å². The molecule has 0 radical (unpaired) electrons. The van der Waals surface area contributed by atoms with Gasteiger partial charge in [0.15, 0.2) is 5.69 Å². The first kappa shape index (κ1) is 16.2. The van der Waals surface area contributed by atoms with Crippen molar-refractivity contribution in [1.82, 2.24) is 20.3 Å². The molecule has 1 fully saturated rings. The van der Waals surface area contributed by atoms with Crippen LogP contribution in [-0.4, -0.2) is 38.5 Å². The molecule has 3 rings (SSSR count). The number of aromatic nitrogens is 3. The van der Waals surface area contributed by atoms with Gasteiger partial charge in [0.2, 0.25) is 0 Å². The van der Waals surface area contributed by atoms with E-state index in [4.69, 9.17) is 0 Å². The number of hydrogen-bond donors (Lipinski definition) is 2. The lowest BCUT2D eigenvalue weighted by Crippen LogP contribution is -2.44. The number of rotatable bonds is 5. The first-order chi connectivity index (χ1) is 11.6. The third-order valence-corrected chi connectivity index (χ3v) is 4.60. The fraction of sp³-hybridized carbons (Fsp3) is 0.412. The zero-order valence-electron chi connectivity index (χ0n) is 13.3. The van der Waals surface area contributed by atoms with Crippen LogP contribution in [-0.2, 0) is 4.79 Å². The Morgan fingerprint density at radius 3 is 2.54 bits per heavy atom. The molecule has 1 saturated carbocycles. The maximum absolute atomic E-state index is 12.3. The molecule has 1 amide bonds. The molecule has 2 aromatic rings. The highest BCUT2D eigenvalue weighted by molar-refractivity contribution is 5.92. The third-order valence-electron chi connectivity index (χ3n) is 4.60. The largest absolute Gasteiger partial charge is 0.481 e. The number of carboxylic acids is 1. The fourth-order valence-electron chi connectivity index (χ4n) is 3.11. The summed E-state index contributed by atoms with van der Waals surface area (Å²) in [6.07, 6.45) is 5.55. The molecule has 0 bridgehead atoms. The van der Waals surface area contributed by atoms with Crippen LogP contribution in [0.5, 0.6) is 0 Å². The highest BCUT2D eigenvalue weighted by Crippen LogP contribution is 2.36. The van der Waals surface area contributed by atoms with Crippen molar-refractivity contribution in [3.8, 4) is 5.69 Å². The van der Waals surface area contributed by atoms with Crippen molar-refractivity contribution in [3.05, 3.63) is 42.2 Å². The van der Waals surface area contributed by atoms with Gasteiger partial charge in [-0.1, -0.05) is 42.7 Å². The molecule has 1 aliphatic rings. The number of amides is 1. The van der Waals surface area contributed by atoms with E-state index in [9.17, 15) is 14.7 Å². The minimum atomic E-state index is -0.858. The number of aliphatic carboxylic acids is 1. The second-order valence-corrected chi connectivity index (χ2v) is 6.21. The summed E-state index contributed by atoms with van der Waals surface area (Å²) in [7, 11) is 0. The molecular formula is C17H20N4O3. The summed E-state index contributed by atoms with van der Waals surface area (Å²) in [6, 6.07) is 9.35. The first-order valence-corrected chi connectivity index (χ1v) is 8.10. The Balaban J connectivity index is 1.67. The van der Waals surface area contributed by atoms with Gasteiger partial charge < -0.3 is 10.4 Å². The van der Waals surface area contributed by atoms with E-state index in [0.717, 1.165) is 24.9 Å². The predicted molar refractivity (Wildman–Crippen MR) is 86.8 cm³/mol. The molecule has 126 valence electrons. The van der Waals surface area contributed by atoms with Crippen molar-refractivity contribution in [2.45, 2.75) is 32.1 Å². The molecule has 0 spiro atoms. The second-order valence-electron chi connectivity index (χ2n) is 6.21. The van der Waals surface area contributed by atoms with Crippen molar-refractivity contribution >= 4 is 11.9 Å². The van der Waals surface area contributed by atoms with Gasteiger partial charge in [0, 0.05) is 6.54 Å². The number of nitrogens with one attached hydrogen (secondary N) is 1. The Kier molecular flexibility index (Phi) is 4.59. The molecule has 1 aromatic heterocycles. The van der Waals surface area contributed by atoms with Crippen LogP contribution in [0.1, 0.15) is 42.6 Å². The molecule has 1 aliphatic carbocycles. The van der Waals surface area contributed by atoms with Gasteiger partial charge in [0.25, 0.3) is 5.91 Å². The Hall–Kier alpha value is -2.70. The van der Waals surface area contributed by atoms with E-state index in [0.29, 0.717) is 12.8 Å². The Labute approximate surface area is 139 Å². The Bertz CT molecular complexity index is 720. The van der Waals surface area contributed by atoms with Gasteiger partial charge in [-0.05, 0) is 25.0 Å². The lowest BCUT2D eigenvalue weighted by molar-refractivity contribution is -0.150. The summed E-state index contributed by atoms with van der Waals surface area (Å²) in [6.45, 7) is 0.124. The number of carbonyl (C=O) groups is 2. The van der Waals surface area contributed by atoms with E-state index >= 15 is 0 Å². The number of nitrogens with zero attached hydrogens (tertiary/aromatic N) is 3. The van der Waals surface area contributed by atoms with Gasteiger partial charge in [-0.15, -0.1) is 5.10 Å². The first-order valence-electron chi connectivity index (χ1n) is 8.10. The van der Waals surface area contributed by atoms with E-state index in [1.54, 1.807) is 6.20 Å². The van der Waals surface area contributed by atoms with Gasteiger partial charge in [-0.2, -0.15) is 0 Å². The zero-order valence-corrected chi connectivity index (χ0v) is 13.3. The van der Waals surface area contributed by atoms with Gasteiger partial charge >= 0.3 is 5.97 Å². The van der Waals surface area contributed by atoms with E-state index < -0.39 is 17.3 Å². The van der Waals surface area contributed by atoms with Gasteiger partial charge in [0.05, 0.1) is 17.3 Å². The van der Waals surface area contributed by atoms with Crippen molar-refractivity contribution in [1.29, 1.82) is 0 Å². The Morgan fingerprint density at radius 2 is 1.88 bits per heavy atom. The summed E-state index contributed by atoms with van der Waals surface area (Å²) in [5.41, 5.74) is 0.122. The van der Waals surface area contributed by atoms with Crippen LogP contribution in [0.3, 0.4) is 0 Å². The highest BCUT2D eigenvalue weighted by atomic mass is 16.4. The summed E-state index contributed by atoms with van der Waals surface area (Å²) < 4.78 is 1.52. The zero-order chi connectivity index (χ0) is 17.0. The fourth-order valence-corrected chi connectivity index (χ4v) is 3.11. The normalized spacial score (nSPS) is 16.5. The van der Waals surface area contributed by atoms with Crippen LogP contribution in [0, 0.1) is 5.41 Å². The van der Waals surface area contributed by atoms with E-state index in [-0.39, 0.29) is 12.2 Å². The number of para-hydroxylation sites is 1. The molecule has 2 N–H and O–H groups in total. The average Bonchev–Trinajstić information content (AvgIpc) is 3.11. The molecule has 1 aromatic carbocycles. The Morgan fingerprint density at radius 1 is 1.17 bits per heavy atom. The summed E-state index contributed by atoms with van der Waals surface area (Å²) in [5, 5.41) is 20.1. The van der Waals surface area contributed by atoms with Gasteiger partial charge in [-0.3, -0.25) is 9.59 Å². The average molecular weight is 328 g/mol. The van der Waals surface area contributed by atoms with Crippen LogP contribution in [0.25, 0.3) is 5.69 Å². The minimum absolute atomic E-state index is 0.124. The van der Waals surface area contributed by atoms with Crippen molar-refractivity contribution < 1.29 is 14.7 Å². The SMILES string of the molecule is O=C(NCC1(C(=O)O)CCCCC1)c1cn(-c2ccccc2)nn1. The molecule has 0 saturated heterocycles. The quantitative estimate of drug-likeness (QED) is 0.875. The molecule has 24 heavy (non-hydrogen) atoms. The lowest BCUT2D eigenvalue weighted by atomic mass is 9.74. The standard InChI is InChI=1S/C17H20N4O3/c22-15(18-12-17(16(23)24)9-5-2-6-10-17)14-11-21(20-19-14)13-7-3-1-4-8-13/h1,3-4,7-8,11H,2,5-6,9-10,12H2,(H,18,22)(H,23,24). The van der Waals surface area contributed by atoms with Crippen LogP contribution < -0.4 is 5.32 Å². The van der Waals surface area contributed by atoms with Crippen LogP contribution in [0.4, 0.5) is 0 Å². The smallest absolute Gasteiger partial charge is 0.311 e. The maximum atomic E-state index is 12.3. The van der Waals surface area contributed by atoms with Crippen LogP contribution in [0.2, 0.25) is 0 Å².